The summed E-state index contributed by atoms with van der Waals surface area (Å²) in [4.78, 5) is 2.49. The van der Waals surface area contributed by atoms with Crippen LogP contribution in [-0.2, 0) is 6.61 Å². The van der Waals surface area contributed by atoms with Gasteiger partial charge >= 0.3 is 0 Å². The van der Waals surface area contributed by atoms with Crippen molar-refractivity contribution in [2.75, 3.05) is 18.0 Å². The minimum absolute atomic E-state index is 0.614. The van der Waals surface area contributed by atoms with Crippen molar-refractivity contribution in [3.05, 3.63) is 60.2 Å². The Balaban J connectivity index is 1.96. The summed E-state index contributed by atoms with van der Waals surface area (Å²) in [6.07, 6.45) is 1.22. The number of hydrogen-bond donors (Lipinski definition) is 0. The van der Waals surface area contributed by atoms with E-state index < -0.39 is 0 Å². The fourth-order valence-corrected chi connectivity index (χ4v) is 2.67. The fraction of sp³-hybridized carbons (Fsp3) is 0.455. The van der Waals surface area contributed by atoms with Gasteiger partial charge in [-0.2, -0.15) is 0 Å². The van der Waals surface area contributed by atoms with Crippen molar-refractivity contribution in [1.29, 1.82) is 0 Å². The van der Waals surface area contributed by atoms with Crippen LogP contribution in [0.5, 0.6) is 5.75 Å². The second-order valence-corrected chi connectivity index (χ2v) is 7.29. The number of ether oxygens (including phenoxy) is 1. The number of benzene rings is 2. The summed E-state index contributed by atoms with van der Waals surface area (Å²) in [5, 5.41) is 0. The molecule has 24 heavy (non-hydrogen) atoms. The molecule has 0 radical (unpaired) electrons. The lowest BCUT2D eigenvalue weighted by molar-refractivity contribution is 0.306. The molecule has 0 aliphatic carbocycles. The summed E-state index contributed by atoms with van der Waals surface area (Å²) in [5.41, 5.74) is 2.48. The molecule has 0 spiro atoms. The topological polar surface area (TPSA) is 12.5 Å². The van der Waals surface area contributed by atoms with Gasteiger partial charge in [-0.1, -0.05) is 58.0 Å². The van der Waals surface area contributed by atoms with Crippen molar-refractivity contribution in [3.63, 3.8) is 0 Å². The van der Waals surface area contributed by atoms with Crippen molar-refractivity contribution < 1.29 is 4.74 Å². The normalized spacial score (nSPS) is 11.1. The Morgan fingerprint density at radius 3 is 2.08 bits per heavy atom. The molecule has 0 unspecified atom stereocenters. The van der Waals surface area contributed by atoms with Crippen LogP contribution in [0.1, 0.15) is 39.7 Å². The maximum atomic E-state index is 5.89. The maximum Gasteiger partial charge on any atom is 0.119 e. The van der Waals surface area contributed by atoms with E-state index in [0.29, 0.717) is 12.5 Å². The van der Waals surface area contributed by atoms with Gasteiger partial charge in [-0.25, -0.2) is 0 Å². The Labute approximate surface area is 147 Å². The fourth-order valence-electron chi connectivity index (χ4n) is 2.67. The average Bonchev–Trinajstić information content (AvgIpc) is 2.58. The Morgan fingerprint density at radius 2 is 1.50 bits per heavy atom. The van der Waals surface area contributed by atoms with Crippen LogP contribution in [0.4, 0.5) is 5.69 Å². The van der Waals surface area contributed by atoms with E-state index in [1.807, 2.05) is 18.2 Å². The van der Waals surface area contributed by atoms with Crippen LogP contribution in [0.2, 0.25) is 0 Å². The zero-order valence-corrected chi connectivity index (χ0v) is 15.5. The highest BCUT2D eigenvalue weighted by molar-refractivity contribution is 5.49. The molecule has 2 heteroatoms. The van der Waals surface area contributed by atoms with Crippen molar-refractivity contribution in [2.45, 2.75) is 40.7 Å². The Kier molecular flexibility index (Phi) is 7.17. The largest absolute Gasteiger partial charge is 0.489 e. The molecule has 0 aliphatic rings. The van der Waals surface area contributed by atoms with Gasteiger partial charge in [0, 0.05) is 18.8 Å². The lowest BCUT2D eigenvalue weighted by Crippen LogP contribution is -2.29. The Hall–Kier alpha value is -1.96. The summed E-state index contributed by atoms with van der Waals surface area (Å²) in [5.74, 6) is 2.32. The van der Waals surface area contributed by atoms with Gasteiger partial charge in [-0.05, 0) is 48.1 Å². The van der Waals surface area contributed by atoms with E-state index in [4.69, 9.17) is 4.74 Å². The van der Waals surface area contributed by atoms with Crippen LogP contribution in [0.25, 0.3) is 0 Å². The lowest BCUT2D eigenvalue weighted by atomic mass is 10.1. The molecule has 2 aromatic carbocycles. The molecule has 0 atom stereocenters. The molecule has 2 nitrogen and oxygen atoms in total. The molecule has 0 saturated carbocycles. The van der Waals surface area contributed by atoms with Gasteiger partial charge in [0.25, 0.3) is 0 Å². The van der Waals surface area contributed by atoms with Gasteiger partial charge in [0.05, 0.1) is 0 Å². The molecule has 2 aromatic rings. The van der Waals surface area contributed by atoms with Gasteiger partial charge < -0.3 is 9.64 Å². The molecule has 0 fully saturated rings. The average molecular weight is 325 g/mol. The highest BCUT2D eigenvalue weighted by Crippen LogP contribution is 2.22. The standard InChI is InChI=1S/C22H31NO/c1-18(2)14-15-23(16-19(3)4)21-10-12-22(13-11-21)24-17-20-8-6-5-7-9-20/h5-13,18-19H,14-17H2,1-4H3. The first kappa shape index (κ1) is 18.4. The smallest absolute Gasteiger partial charge is 0.119 e. The Bertz CT molecular complexity index is 575. The van der Waals surface area contributed by atoms with Gasteiger partial charge in [0.1, 0.15) is 12.4 Å². The summed E-state index contributed by atoms with van der Waals surface area (Å²) in [6, 6.07) is 18.8. The number of hydrogen-bond acceptors (Lipinski definition) is 2. The van der Waals surface area contributed by atoms with Gasteiger partial charge in [-0.15, -0.1) is 0 Å². The molecular weight excluding hydrogens is 294 g/mol. The number of rotatable bonds is 9. The summed E-state index contributed by atoms with van der Waals surface area (Å²) >= 11 is 0. The SMILES string of the molecule is CC(C)CCN(CC(C)C)c1ccc(OCc2ccccc2)cc1. The molecule has 130 valence electrons. The van der Waals surface area contributed by atoms with Crippen LogP contribution in [0, 0.1) is 11.8 Å². The molecule has 0 amide bonds. The minimum atomic E-state index is 0.614. The summed E-state index contributed by atoms with van der Waals surface area (Å²) in [7, 11) is 0. The molecule has 0 heterocycles. The van der Waals surface area contributed by atoms with Crippen molar-refractivity contribution in [1.82, 2.24) is 0 Å². The second kappa shape index (κ2) is 9.36. The van der Waals surface area contributed by atoms with Crippen molar-refractivity contribution in [3.8, 4) is 5.75 Å². The highest BCUT2D eigenvalue weighted by Gasteiger charge is 2.10. The summed E-state index contributed by atoms with van der Waals surface area (Å²) in [6.45, 7) is 11.9. The van der Waals surface area contributed by atoms with Crippen molar-refractivity contribution in [2.24, 2.45) is 11.8 Å². The second-order valence-electron chi connectivity index (χ2n) is 7.29. The van der Waals surface area contributed by atoms with E-state index in [2.05, 4.69) is 69.0 Å². The Morgan fingerprint density at radius 1 is 0.833 bits per heavy atom. The zero-order chi connectivity index (χ0) is 17.4. The monoisotopic (exact) mass is 325 g/mol. The first-order valence-corrected chi connectivity index (χ1v) is 9.06. The molecule has 0 bridgehead atoms. The summed E-state index contributed by atoms with van der Waals surface area (Å²) < 4.78 is 5.89. The van der Waals surface area contributed by atoms with E-state index in [0.717, 1.165) is 24.8 Å². The highest BCUT2D eigenvalue weighted by atomic mass is 16.5. The van der Waals surface area contributed by atoms with E-state index in [9.17, 15) is 0 Å². The van der Waals surface area contributed by atoms with Crippen molar-refractivity contribution >= 4 is 5.69 Å². The van der Waals surface area contributed by atoms with Crippen LogP contribution in [0.15, 0.2) is 54.6 Å². The van der Waals surface area contributed by atoms with Crippen LogP contribution in [0.3, 0.4) is 0 Å². The first-order chi connectivity index (χ1) is 11.5. The van der Waals surface area contributed by atoms with E-state index in [1.54, 1.807) is 0 Å². The molecule has 2 rings (SSSR count). The van der Waals surface area contributed by atoms with Crippen LogP contribution < -0.4 is 9.64 Å². The molecule has 0 aromatic heterocycles. The van der Waals surface area contributed by atoms with Gasteiger partial charge in [0.15, 0.2) is 0 Å². The first-order valence-electron chi connectivity index (χ1n) is 9.06. The van der Waals surface area contributed by atoms with Crippen LogP contribution >= 0.6 is 0 Å². The zero-order valence-electron chi connectivity index (χ0n) is 15.5. The molecule has 0 saturated heterocycles. The number of nitrogens with zero attached hydrogens (tertiary/aromatic N) is 1. The third-order valence-electron chi connectivity index (χ3n) is 4.01. The quantitative estimate of drug-likeness (QED) is 0.580. The lowest BCUT2D eigenvalue weighted by Gasteiger charge is -2.27. The molecule has 0 N–H and O–H groups in total. The van der Waals surface area contributed by atoms with Gasteiger partial charge in [-0.3, -0.25) is 0 Å². The van der Waals surface area contributed by atoms with E-state index in [-0.39, 0.29) is 0 Å². The third-order valence-corrected chi connectivity index (χ3v) is 4.01. The van der Waals surface area contributed by atoms with Gasteiger partial charge in [0.2, 0.25) is 0 Å². The predicted molar refractivity (Wildman–Crippen MR) is 104 cm³/mol. The van der Waals surface area contributed by atoms with E-state index in [1.165, 1.54) is 17.7 Å². The molecule has 0 aliphatic heterocycles. The number of anilines is 1. The van der Waals surface area contributed by atoms with Crippen LogP contribution in [-0.4, -0.2) is 13.1 Å². The van der Waals surface area contributed by atoms with E-state index >= 15 is 0 Å². The predicted octanol–water partition coefficient (Wildman–Crippen LogP) is 5.77. The molecular formula is C22H31NO. The minimum Gasteiger partial charge on any atom is -0.489 e. The third kappa shape index (κ3) is 6.27. The maximum absolute atomic E-state index is 5.89.